The molecule has 5 heteroatoms. The normalized spacial score (nSPS) is 38.3. The van der Waals surface area contributed by atoms with E-state index in [9.17, 15) is 0 Å². The highest BCUT2D eigenvalue weighted by Crippen LogP contribution is 2.26. The van der Waals surface area contributed by atoms with Gasteiger partial charge in [0.1, 0.15) is 12.2 Å². The number of hydrogen-bond acceptors (Lipinski definition) is 5. The first-order valence-corrected chi connectivity index (χ1v) is 6.36. The number of methoxy groups -OCH3 is 1. The van der Waals surface area contributed by atoms with Crippen LogP contribution in [0.2, 0.25) is 0 Å². The van der Waals surface area contributed by atoms with E-state index in [1.54, 1.807) is 7.11 Å². The summed E-state index contributed by atoms with van der Waals surface area (Å²) in [7, 11) is 1.66. The third-order valence-electron chi connectivity index (χ3n) is 3.06. The summed E-state index contributed by atoms with van der Waals surface area (Å²) in [4.78, 5) is 0. The van der Waals surface area contributed by atoms with Gasteiger partial charge in [0.2, 0.25) is 0 Å². The van der Waals surface area contributed by atoms with E-state index in [1.807, 2.05) is 13.8 Å². The van der Waals surface area contributed by atoms with Crippen molar-refractivity contribution in [1.29, 1.82) is 0 Å². The molecule has 0 bridgehead atoms. The van der Waals surface area contributed by atoms with Crippen LogP contribution in [-0.2, 0) is 18.9 Å². The van der Waals surface area contributed by atoms with Gasteiger partial charge in [-0.2, -0.15) is 0 Å². The Morgan fingerprint density at radius 2 is 1.71 bits per heavy atom. The van der Waals surface area contributed by atoms with Gasteiger partial charge in [-0.3, -0.25) is 0 Å². The average molecular weight is 247 g/mol. The van der Waals surface area contributed by atoms with Crippen molar-refractivity contribution in [2.45, 2.75) is 57.8 Å². The Balaban J connectivity index is 2.78. The highest BCUT2D eigenvalue weighted by molar-refractivity contribution is 4.93. The molecule has 2 N–H and O–H groups in total. The van der Waals surface area contributed by atoms with Crippen molar-refractivity contribution >= 4 is 0 Å². The third kappa shape index (κ3) is 3.39. The molecule has 1 rings (SSSR count). The van der Waals surface area contributed by atoms with Crippen LogP contribution in [0, 0.1) is 0 Å². The summed E-state index contributed by atoms with van der Waals surface area (Å²) in [5, 5.41) is 0. The number of ether oxygens (including phenoxy) is 4. The quantitative estimate of drug-likeness (QED) is 0.755. The van der Waals surface area contributed by atoms with E-state index in [4.69, 9.17) is 24.7 Å². The topological polar surface area (TPSA) is 62.9 Å². The summed E-state index contributed by atoms with van der Waals surface area (Å²) in [6.07, 6.45) is 0.0889. The summed E-state index contributed by atoms with van der Waals surface area (Å²) in [5.41, 5.74) is 6.12. The van der Waals surface area contributed by atoms with Gasteiger partial charge in [0.25, 0.3) is 0 Å². The highest BCUT2D eigenvalue weighted by Gasteiger charge is 2.44. The van der Waals surface area contributed by atoms with Gasteiger partial charge < -0.3 is 24.7 Å². The molecular formula is C12H25NO4. The Kier molecular flexibility index (Phi) is 6.37. The monoisotopic (exact) mass is 247 g/mol. The Bertz CT molecular complexity index is 215. The van der Waals surface area contributed by atoms with Crippen molar-refractivity contribution in [2.75, 3.05) is 20.3 Å². The molecule has 0 aromatic heterocycles. The Labute approximate surface area is 104 Å². The lowest BCUT2D eigenvalue weighted by Crippen LogP contribution is -2.63. The summed E-state index contributed by atoms with van der Waals surface area (Å²) < 4.78 is 22.5. The van der Waals surface area contributed by atoms with Crippen LogP contribution < -0.4 is 5.73 Å². The van der Waals surface area contributed by atoms with Crippen molar-refractivity contribution < 1.29 is 18.9 Å². The second-order valence-electron chi connectivity index (χ2n) is 4.10. The van der Waals surface area contributed by atoms with E-state index < -0.39 is 6.29 Å². The first kappa shape index (κ1) is 14.9. The second-order valence-corrected chi connectivity index (χ2v) is 4.10. The molecule has 0 saturated carbocycles. The molecule has 0 radical (unpaired) electrons. The molecule has 1 aliphatic rings. The smallest absolute Gasteiger partial charge is 0.175 e. The number of rotatable bonds is 6. The fourth-order valence-corrected chi connectivity index (χ4v) is 2.25. The minimum absolute atomic E-state index is 0.0344. The average Bonchev–Trinajstić information content (AvgIpc) is 2.34. The predicted molar refractivity (Wildman–Crippen MR) is 64.8 cm³/mol. The van der Waals surface area contributed by atoms with Crippen LogP contribution in [0.4, 0.5) is 0 Å². The number of hydrogen-bond donors (Lipinski definition) is 1. The lowest BCUT2D eigenvalue weighted by molar-refractivity contribution is -0.270. The minimum Gasteiger partial charge on any atom is -0.376 e. The van der Waals surface area contributed by atoms with Gasteiger partial charge in [-0.25, -0.2) is 0 Å². The molecule has 0 spiro atoms. The van der Waals surface area contributed by atoms with Gasteiger partial charge >= 0.3 is 0 Å². The van der Waals surface area contributed by atoms with Crippen LogP contribution in [0.3, 0.4) is 0 Å². The van der Waals surface area contributed by atoms with Gasteiger partial charge in [0.05, 0.1) is 12.1 Å². The minimum atomic E-state index is -0.409. The van der Waals surface area contributed by atoms with Crippen LogP contribution in [0.15, 0.2) is 0 Å². The van der Waals surface area contributed by atoms with Crippen molar-refractivity contribution in [3.8, 4) is 0 Å². The van der Waals surface area contributed by atoms with E-state index in [0.717, 1.165) is 6.42 Å². The van der Waals surface area contributed by atoms with Crippen molar-refractivity contribution in [3.05, 3.63) is 0 Å². The van der Waals surface area contributed by atoms with Crippen LogP contribution in [0.5, 0.6) is 0 Å². The second kappa shape index (κ2) is 7.28. The summed E-state index contributed by atoms with van der Waals surface area (Å²) in [5.74, 6) is 0. The van der Waals surface area contributed by atoms with Gasteiger partial charge in [-0.05, 0) is 20.3 Å². The van der Waals surface area contributed by atoms with Crippen LogP contribution in [-0.4, -0.2) is 51.0 Å². The maximum atomic E-state index is 6.12. The van der Waals surface area contributed by atoms with E-state index in [0.29, 0.717) is 13.2 Å². The lowest BCUT2D eigenvalue weighted by atomic mass is 9.95. The van der Waals surface area contributed by atoms with Crippen LogP contribution in [0.1, 0.15) is 27.2 Å². The molecule has 5 atom stereocenters. The van der Waals surface area contributed by atoms with Gasteiger partial charge in [0.15, 0.2) is 6.29 Å². The van der Waals surface area contributed by atoms with E-state index >= 15 is 0 Å². The molecule has 0 aromatic rings. The lowest BCUT2D eigenvalue weighted by Gasteiger charge is -2.44. The molecule has 102 valence electrons. The number of nitrogens with two attached hydrogens (primary N) is 1. The molecule has 1 fully saturated rings. The van der Waals surface area contributed by atoms with E-state index in [-0.39, 0.29) is 24.4 Å². The third-order valence-corrected chi connectivity index (χ3v) is 3.06. The molecule has 1 aliphatic heterocycles. The Hall–Kier alpha value is -0.200. The zero-order valence-electron chi connectivity index (χ0n) is 11.2. The highest BCUT2D eigenvalue weighted by atomic mass is 16.7. The largest absolute Gasteiger partial charge is 0.376 e. The first-order valence-electron chi connectivity index (χ1n) is 6.36. The predicted octanol–water partition coefficient (Wildman–Crippen LogP) is 0.905. The molecule has 0 amide bonds. The van der Waals surface area contributed by atoms with Crippen molar-refractivity contribution in [1.82, 2.24) is 0 Å². The molecule has 0 aromatic carbocycles. The first-order chi connectivity index (χ1) is 8.19. The molecule has 1 saturated heterocycles. The van der Waals surface area contributed by atoms with Gasteiger partial charge in [0, 0.05) is 20.3 Å². The zero-order chi connectivity index (χ0) is 12.8. The summed E-state index contributed by atoms with van der Waals surface area (Å²) >= 11 is 0. The standard InChI is InChI=1S/C12H25NO4/c1-5-8-10(14-4)11(15-6-2)9(13)12(17-8)16-7-3/h8-12H,5-7,13H2,1-4H3/t8?,9?,10-,11+,12?/m0/s1. The Morgan fingerprint density at radius 1 is 1.06 bits per heavy atom. The Morgan fingerprint density at radius 3 is 2.18 bits per heavy atom. The molecule has 17 heavy (non-hydrogen) atoms. The SMILES string of the molecule is CCOC1OC(CC)[C@H](OC)[C@H](OCC)C1N. The van der Waals surface area contributed by atoms with Gasteiger partial charge in [-0.1, -0.05) is 6.92 Å². The molecule has 5 nitrogen and oxygen atoms in total. The fraction of sp³-hybridized carbons (Fsp3) is 1.00. The molecule has 3 unspecified atom stereocenters. The molecule has 0 aliphatic carbocycles. The van der Waals surface area contributed by atoms with Crippen LogP contribution >= 0.6 is 0 Å². The maximum Gasteiger partial charge on any atom is 0.175 e. The fourth-order valence-electron chi connectivity index (χ4n) is 2.25. The van der Waals surface area contributed by atoms with Gasteiger partial charge in [-0.15, -0.1) is 0 Å². The summed E-state index contributed by atoms with van der Waals surface area (Å²) in [6, 6.07) is -0.317. The van der Waals surface area contributed by atoms with Crippen LogP contribution in [0.25, 0.3) is 0 Å². The molecule has 1 heterocycles. The molecular weight excluding hydrogens is 222 g/mol. The van der Waals surface area contributed by atoms with E-state index in [1.165, 1.54) is 0 Å². The maximum absolute atomic E-state index is 6.12. The zero-order valence-corrected chi connectivity index (χ0v) is 11.2. The van der Waals surface area contributed by atoms with Crippen molar-refractivity contribution in [3.63, 3.8) is 0 Å². The van der Waals surface area contributed by atoms with Crippen molar-refractivity contribution in [2.24, 2.45) is 5.73 Å². The summed E-state index contributed by atoms with van der Waals surface area (Å²) in [6.45, 7) is 7.11. The van der Waals surface area contributed by atoms with E-state index in [2.05, 4.69) is 6.92 Å².